The fourth-order valence-corrected chi connectivity index (χ4v) is 2.15. The van der Waals surface area contributed by atoms with Crippen molar-refractivity contribution in [3.8, 4) is 0 Å². The van der Waals surface area contributed by atoms with Crippen molar-refractivity contribution in [3.63, 3.8) is 0 Å². The molecule has 0 spiro atoms. The van der Waals surface area contributed by atoms with Crippen LogP contribution in [0.15, 0.2) is 46.0 Å². The van der Waals surface area contributed by atoms with Crippen LogP contribution in [0.4, 0.5) is 0 Å². The monoisotopic (exact) mass is 222 g/mol. The number of hydrogen-bond acceptors (Lipinski definition) is 0. The van der Waals surface area contributed by atoms with E-state index in [-0.39, 0.29) is 5.41 Å². The molecule has 1 heteroatoms. The summed E-state index contributed by atoms with van der Waals surface area (Å²) in [5.41, 5.74) is 2.94. The number of hydrogen-bond donors (Lipinski definition) is 0. The third kappa shape index (κ3) is 1.04. The maximum Gasteiger partial charge on any atom is 0.0250 e. The van der Waals surface area contributed by atoms with Gasteiger partial charge in [0.05, 0.1) is 0 Å². The molecule has 62 valence electrons. The van der Waals surface area contributed by atoms with Gasteiger partial charge in [-0.25, -0.2) is 0 Å². The first-order valence-corrected chi connectivity index (χ1v) is 4.89. The molecule has 0 aromatic heterocycles. The fourth-order valence-electron chi connectivity index (χ4n) is 1.67. The Kier molecular flexibility index (Phi) is 1.65. The zero-order chi connectivity index (χ0) is 8.77. The Morgan fingerprint density at radius 2 is 1.92 bits per heavy atom. The third-order valence-corrected chi connectivity index (χ3v) is 3.11. The van der Waals surface area contributed by atoms with Crippen LogP contribution in [-0.2, 0) is 0 Å². The van der Waals surface area contributed by atoms with Gasteiger partial charge in [0.1, 0.15) is 0 Å². The third-order valence-electron chi connectivity index (χ3n) is 2.41. The zero-order valence-corrected chi connectivity index (χ0v) is 8.85. The van der Waals surface area contributed by atoms with Crippen molar-refractivity contribution >= 4 is 15.9 Å². The van der Waals surface area contributed by atoms with Gasteiger partial charge in [-0.1, -0.05) is 54.1 Å². The molecule has 0 aliphatic heterocycles. The molecule has 0 fully saturated rings. The van der Waals surface area contributed by atoms with Crippen LogP contribution in [0.25, 0.3) is 0 Å². The molecule has 0 amide bonds. The highest BCUT2D eigenvalue weighted by Crippen LogP contribution is 2.44. The lowest BCUT2D eigenvalue weighted by Crippen LogP contribution is -2.14. The standard InChI is InChI=1S/C11H11Br/c1-11(2)7-3-4-8-9(11)5-6-10(8)12/h3-7H,1-2H3. The second-order valence-electron chi connectivity index (χ2n) is 3.76. The van der Waals surface area contributed by atoms with Crippen molar-refractivity contribution in [2.75, 3.05) is 0 Å². The number of allylic oxidation sites excluding steroid dienone is 8. The van der Waals surface area contributed by atoms with E-state index >= 15 is 0 Å². The van der Waals surface area contributed by atoms with Crippen LogP contribution in [0.5, 0.6) is 0 Å². The predicted octanol–water partition coefficient (Wildman–Crippen LogP) is 3.73. The maximum atomic E-state index is 3.54. The lowest BCUT2D eigenvalue weighted by atomic mass is 9.78. The second-order valence-corrected chi connectivity index (χ2v) is 4.61. The maximum absolute atomic E-state index is 3.54. The van der Waals surface area contributed by atoms with E-state index in [4.69, 9.17) is 0 Å². The van der Waals surface area contributed by atoms with Crippen LogP contribution < -0.4 is 0 Å². The van der Waals surface area contributed by atoms with Crippen LogP contribution in [-0.4, -0.2) is 0 Å². The fraction of sp³-hybridized carbons (Fsp3) is 0.273. The van der Waals surface area contributed by atoms with Gasteiger partial charge in [-0.15, -0.1) is 0 Å². The zero-order valence-electron chi connectivity index (χ0n) is 7.26. The summed E-state index contributed by atoms with van der Waals surface area (Å²) < 4.78 is 1.20. The van der Waals surface area contributed by atoms with Crippen molar-refractivity contribution < 1.29 is 0 Å². The van der Waals surface area contributed by atoms with Gasteiger partial charge >= 0.3 is 0 Å². The summed E-state index contributed by atoms with van der Waals surface area (Å²) in [5, 5.41) is 0. The van der Waals surface area contributed by atoms with E-state index in [0.717, 1.165) is 0 Å². The minimum Gasteiger partial charge on any atom is -0.0744 e. The summed E-state index contributed by atoms with van der Waals surface area (Å²) in [6.45, 7) is 4.48. The van der Waals surface area contributed by atoms with Crippen molar-refractivity contribution in [3.05, 3.63) is 46.0 Å². The van der Waals surface area contributed by atoms with Crippen molar-refractivity contribution in [2.24, 2.45) is 5.41 Å². The summed E-state index contributed by atoms with van der Waals surface area (Å²) >= 11 is 3.54. The largest absolute Gasteiger partial charge is 0.0744 e. The molecule has 0 unspecified atom stereocenters. The van der Waals surface area contributed by atoms with E-state index in [2.05, 4.69) is 60.2 Å². The van der Waals surface area contributed by atoms with Gasteiger partial charge < -0.3 is 0 Å². The van der Waals surface area contributed by atoms with Gasteiger partial charge in [-0.2, -0.15) is 0 Å². The molecule has 2 aliphatic carbocycles. The molecule has 0 N–H and O–H groups in total. The quantitative estimate of drug-likeness (QED) is 0.587. The number of fused-ring (bicyclic) bond motifs is 1. The van der Waals surface area contributed by atoms with E-state index in [1.54, 1.807) is 0 Å². The average molecular weight is 223 g/mol. The van der Waals surface area contributed by atoms with Crippen molar-refractivity contribution in [1.29, 1.82) is 0 Å². The van der Waals surface area contributed by atoms with Crippen LogP contribution in [0, 0.1) is 5.41 Å². The Bertz CT molecular complexity index is 338. The highest BCUT2D eigenvalue weighted by Gasteiger charge is 2.28. The van der Waals surface area contributed by atoms with Crippen LogP contribution in [0.1, 0.15) is 13.8 Å². The molecule has 0 aromatic rings. The SMILES string of the molecule is CC1(C)C=CC=C2C(Br)=CC=C21. The van der Waals surface area contributed by atoms with Gasteiger partial charge in [0, 0.05) is 9.90 Å². The molecule has 0 heterocycles. The predicted molar refractivity (Wildman–Crippen MR) is 56.1 cm³/mol. The van der Waals surface area contributed by atoms with Gasteiger partial charge in [0.15, 0.2) is 0 Å². The summed E-state index contributed by atoms with van der Waals surface area (Å²) in [4.78, 5) is 0. The van der Waals surface area contributed by atoms with E-state index in [9.17, 15) is 0 Å². The molecule has 0 radical (unpaired) electrons. The molecule has 2 aliphatic rings. The van der Waals surface area contributed by atoms with E-state index in [0.29, 0.717) is 0 Å². The highest BCUT2D eigenvalue weighted by molar-refractivity contribution is 9.12. The molecule has 0 bridgehead atoms. The summed E-state index contributed by atoms with van der Waals surface area (Å²) in [6.07, 6.45) is 10.8. The topological polar surface area (TPSA) is 0 Å². The van der Waals surface area contributed by atoms with Gasteiger partial charge in [-0.3, -0.25) is 0 Å². The molecule has 2 rings (SSSR count). The second kappa shape index (κ2) is 2.46. The van der Waals surface area contributed by atoms with Crippen molar-refractivity contribution in [1.82, 2.24) is 0 Å². The van der Waals surface area contributed by atoms with E-state index in [1.165, 1.54) is 15.6 Å². The van der Waals surface area contributed by atoms with Crippen LogP contribution >= 0.6 is 15.9 Å². The van der Waals surface area contributed by atoms with Gasteiger partial charge in [-0.05, 0) is 17.2 Å². The van der Waals surface area contributed by atoms with Gasteiger partial charge in [0.2, 0.25) is 0 Å². The normalized spacial score (nSPS) is 24.4. The molecule has 0 saturated heterocycles. The smallest absolute Gasteiger partial charge is 0.0250 e. The van der Waals surface area contributed by atoms with E-state index < -0.39 is 0 Å². The first kappa shape index (κ1) is 8.06. The van der Waals surface area contributed by atoms with Gasteiger partial charge in [0.25, 0.3) is 0 Å². The highest BCUT2D eigenvalue weighted by atomic mass is 79.9. The van der Waals surface area contributed by atoms with Crippen molar-refractivity contribution in [2.45, 2.75) is 13.8 Å². The lowest BCUT2D eigenvalue weighted by Gasteiger charge is -2.26. The Balaban J connectivity index is 2.50. The average Bonchev–Trinajstić information content (AvgIpc) is 2.33. The van der Waals surface area contributed by atoms with E-state index in [1.807, 2.05) is 0 Å². The minimum atomic E-state index is 0.191. The lowest BCUT2D eigenvalue weighted by molar-refractivity contribution is 0.587. The molecule has 12 heavy (non-hydrogen) atoms. The molecular weight excluding hydrogens is 212 g/mol. The molecule has 0 saturated carbocycles. The summed E-state index contributed by atoms with van der Waals surface area (Å²) in [7, 11) is 0. The molecule has 0 atom stereocenters. The first-order chi connectivity index (χ1) is 5.61. The Labute approximate surface area is 81.5 Å². The van der Waals surface area contributed by atoms with Crippen LogP contribution in [0.3, 0.4) is 0 Å². The number of rotatable bonds is 0. The Morgan fingerprint density at radius 3 is 2.58 bits per heavy atom. The molecule has 0 aromatic carbocycles. The Morgan fingerprint density at radius 1 is 1.17 bits per heavy atom. The van der Waals surface area contributed by atoms with Crippen LogP contribution in [0.2, 0.25) is 0 Å². The Hall–Kier alpha value is -0.560. The molecular formula is C11H11Br. The summed E-state index contributed by atoms with van der Waals surface area (Å²) in [6, 6.07) is 0. The minimum absolute atomic E-state index is 0.191. The summed E-state index contributed by atoms with van der Waals surface area (Å²) in [5.74, 6) is 0. The molecule has 0 nitrogen and oxygen atoms in total. The first-order valence-electron chi connectivity index (χ1n) is 4.09. The number of halogens is 1.